The first-order chi connectivity index (χ1) is 43.2. The van der Waals surface area contributed by atoms with Crippen molar-refractivity contribution in [3.63, 3.8) is 0 Å². The Hall–Kier alpha value is -7.68. The molecule has 88 heavy (non-hydrogen) atoms. The van der Waals surface area contributed by atoms with Gasteiger partial charge in [-0.15, -0.1) is 0 Å². The minimum absolute atomic E-state index is 0.285. The van der Waals surface area contributed by atoms with Gasteiger partial charge in [-0.05, 0) is 149 Å². The van der Waals surface area contributed by atoms with E-state index in [1.807, 2.05) is 72.8 Å². The Morgan fingerprint density at radius 2 is 0.398 bits per heavy atom. The van der Waals surface area contributed by atoms with Gasteiger partial charge < -0.3 is 56.8 Å². The van der Waals surface area contributed by atoms with Gasteiger partial charge in [0.2, 0.25) is 0 Å². The van der Waals surface area contributed by atoms with Crippen LogP contribution in [0.2, 0.25) is 0 Å². The average Bonchev–Trinajstić information content (AvgIpc) is 4.54. The summed E-state index contributed by atoms with van der Waals surface area (Å²) in [7, 11) is 0. The second kappa shape index (κ2) is 34.8. The zero-order chi connectivity index (χ0) is 61.1. The van der Waals surface area contributed by atoms with Crippen LogP contribution < -0.4 is 28.4 Å². The van der Waals surface area contributed by atoms with Gasteiger partial charge >= 0.3 is 0 Å². The summed E-state index contributed by atoms with van der Waals surface area (Å²) in [4.78, 5) is 0. The molecule has 0 radical (unpaired) electrons. The monoisotopic (exact) mass is 1190 g/mol. The Bertz CT molecular complexity index is 2710. The summed E-state index contributed by atoms with van der Waals surface area (Å²) in [5.74, 6) is 5.27. The van der Waals surface area contributed by atoms with Gasteiger partial charge in [0.25, 0.3) is 0 Å². The van der Waals surface area contributed by atoms with Crippen molar-refractivity contribution in [3.8, 4) is 67.9 Å². The molecule has 12 nitrogen and oxygen atoms in total. The number of benzene rings is 8. The third kappa shape index (κ3) is 24.5. The first-order valence-electron chi connectivity index (χ1n) is 31.4. The molecular formula is C76H88O12. The second-order valence-electron chi connectivity index (χ2n) is 22.3. The molecule has 0 aromatic heterocycles. The van der Waals surface area contributed by atoms with Crippen molar-refractivity contribution < 1.29 is 56.8 Å². The van der Waals surface area contributed by atoms with Crippen LogP contribution in [-0.2, 0) is 47.7 Å². The largest absolute Gasteiger partial charge is 0.491 e. The molecule has 6 aliphatic heterocycles. The Labute approximate surface area is 521 Å². The van der Waals surface area contributed by atoms with Gasteiger partial charge in [-0.3, -0.25) is 0 Å². The minimum Gasteiger partial charge on any atom is -0.491 e. The second-order valence-corrected chi connectivity index (χ2v) is 22.3. The molecular weight excluding hydrogens is 1100 g/mol. The molecule has 6 unspecified atom stereocenters. The lowest BCUT2D eigenvalue weighted by Gasteiger charge is -2.08. The Balaban J connectivity index is 0.000000135. The highest BCUT2D eigenvalue weighted by Crippen LogP contribution is 2.29. The van der Waals surface area contributed by atoms with E-state index in [1.54, 1.807) is 0 Å². The molecule has 0 amide bonds. The van der Waals surface area contributed by atoms with Crippen LogP contribution in [0, 0.1) is 6.92 Å². The summed E-state index contributed by atoms with van der Waals surface area (Å²) in [5.41, 5.74) is 12.6. The van der Waals surface area contributed by atoms with Crippen molar-refractivity contribution in [2.24, 2.45) is 0 Å². The predicted octanol–water partition coefficient (Wildman–Crippen LogP) is 15.5. The maximum atomic E-state index is 5.64. The van der Waals surface area contributed by atoms with E-state index < -0.39 is 0 Å². The fourth-order valence-electron chi connectivity index (χ4n) is 8.42. The number of hydrogen-bond donors (Lipinski definition) is 0. The summed E-state index contributed by atoms with van der Waals surface area (Å²) in [6, 6.07) is 66.2. The van der Waals surface area contributed by atoms with Crippen LogP contribution in [0.1, 0.15) is 63.3 Å². The van der Waals surface area contributed by atoms with Crippen LogP contribution in [0.5, 0.6) is 34.5 Å². The molecule has 0 aliphatic carbocycles. The average molecular weight is 1190 g/mol. The van der Waals surface area contributed by atoms with Crippen molar-refractivity contribution in [1.29, 1.82) is 0 Å². The summed E-state index contributed by atoms with van der Waals surface area (Å²) in [6.07, 6.45) is 6.39. The van der Waals surface area contributed by atoms with E-state index in [0.29, 0.717) is 39.6 Å². The summed E-state index contributed by atoms with van der Waals surface area (Å²) < 4.78 is 64.6. The molecule has 8 aromatic carbocycles. The topological polar surface area (TPSA) is 131 Å². The summed E-state index contributed by atoms with van der Waals surface area (Å²) >= 11 is 0. The van der Waals surface area contributed by atoms with Crippen molar-refractivity contribution in [3.05, 3.63) is 216 Å². The molecule has 6 aliphatic rings. The van der Waals surface area contributed by atoms with E-state index in [2.05, 4.69) is 163 Å². The molecule has 0 bridgehead atoms. The van der Waals surface area contributed by atoms with E-state index in [1.165, 1.54) is 28.7 Å². The maximum Gasteiger partial charge on any atom is 0.119 e. The van der Waals surface area contributed by atoms with Crippen LogP contribution in [0.15, 0.2) is 194 Å². The minimum atomic E-state index is 0.285. The van der Waals surface area contributed by atoms with Crippen LogP contribution >= 0.6 is 0 Å². The molecule has 464 valence electrons. The molecule has 6 fully saturated rings. The van der Waals surface area contributed by atoms with E-state index in [-0.39, 0.29) is 36.6 Å². The van der Waals surface area contributed by atoms with Crippen molar-refractivity contribution in [1.82, 2.24) is 0 Å². The molecule has 12 heteroatoms. The zero-order valence-corrected chi connectivity index (χ0v) is 52.2. The highest BCUT2D eigenvalue weighted by molar-refractivity contribution is 5.67. The summed E-state index contributed by atoms with van der Waals surface area (Å²) in [5, 5.41) is 0. The molecule has 0 saturated carbocycles. The molecule has 6 saturated heterocycles. The van der Waals surface area contributed by atoms with E-state index in [0.717, 1.165) is 127 Å². The smallest absolute Gasteiger partial charge is 0.119 e. The number of aryl methyl sites for hydroxylation is 4. The lowest BCUT2D eigenvalue weighted by atomic mass is 10.1. The standard InChI is InChI=1S/3C18H18O4.C10H14.C9H12.C3H8/c3*1-5-15(19-9-17-11-21-17)6-2-13(1)14-3-7-16(8-4-14)20-10-18-12-22-18;1-3-9-5-7-10(4-2)8-6-9;1-3-9-6-4-8(2)5-7-9;1-3-2/h3*1-8,17-18H,9-12H2;5-8H,3-4H2,1-2H3;4-7H,3H2,1-2H3;3H2,1-2H3. The molecule has 14 rings (SSSR count). The Morgan fingerprint density at radius 3 is 0.534 bits per heavy atom. The third-order valence-corrected chi connectivity index (χ3v) is 14.5. The van der Waals surface area contributed by atoms with Gasteiger partial charge in [-0.25, -0.2) is 0 Å². The van der Waals surface area contributed by atoms with Crippen molar-refractivity contribution >= 4 is 0 Å². The fraction of sp³-hybridized carbons (Fsp3) is 0.368. The molecule has 6 heterocycles. The molecule has 0 spiro atoms. The van der Waals surface area contributed by atoms with Crippen LogP contribution in [-0.4, -0.2) is 116 Å². The van der Waals surface area contributed by atoms with Crippen molar-refractivity contribution in [2.45, 2.75) is 104 Å². The first kappa shape index (κ1) is 64.8. The van der Waals surface area contributed by atoms with Gasteiger partial charge in [0.05, 0.1) is 39.6 Å². The summed E-state index contributed by atoms with van der Waals surface area (Å²) in [6.45, 7) is 21.6. The third-order valence-electron chi connectivity index (χ3n) is 14.5. The Morgan fingerprint density at radius 1 is 0.250 bits per heavy atom. The number of rotatable bonds is 24. The van der Waals surface area contributed by atoms with Crippen LogP contribution in [0.3, 0.4) is 0 Å². The lowest BCUT2D eigenvalue weighted by Crippen LogP contribution is -2.03. The van der Waals surface area contributed by atoms with Gasteiger partial charge in [0.1, 0.15) is 111 Å². The zero-order valence-electron chi connectivity index (χ0n) is 52.2. The number of ether oxygens (including phenoxy) is 12. The highest BCUT2D eigenvalue weighted by atomic mass is 16.6. The number of hydrogen-bond acceptors (Lipinski definition) is 12. The highest BCUT2D eigenvalue weighted by Gasteiger charge is 2.26. The lowest BCUT2D eigenvalue weighted by molar-refractivity contribution is 0.263. The molecule has 0 N–H and O–H groups in total. The van der Waals surface area contributed by atoms with E-state index in [9.17, 15) is 0 Å². The molecule has 6 atom stereocenters. The van der Waals surface area contributed by atoms with Gasteiger partial charge in [-0.1, -0.05) is 168 Å². The van der Waals surface area contributed by atoms with Gasteiger partial charge in [0.15, 0.2) is 0 Å². The number of epoxide rings is 6. The predicted molar refractivity (Wildman–Crippen MR) is 349 cm³/mol. The quantitative estimate of drug-likeness (QED) is 0.0534. The maximum absolute atomic E-state index is 5.64. The van der Waals surface area contributed by atoms with Crippen LogP contribution in [0.25, 0.3) is 33.4 Å². The molecule has 8 aromatic rings. The first-order valence-corrected chi connectivity index (χ1v) is 31.4. The van der Waals surface area contributed by atoms with Crippen LogP contribution in [0.4, 0.5) is 0 Å². The SMILES string of the molecule is CCC.CCc1ccc(C)cc1.CCc1ccc(CC)cc1.c1cc(-c2ccc(OCC3CO3)cc2)ccc1OCC1CO1.c1cc(-c2ccc(OCC3CO3)cc2)ccc1OCC1CO1.c1cc(-c2ccc(OCC3CO3)cc2)ccc1OCC1CO1. The Kier molecular flexibility index (Phi) is 25.6. The normalized spacial score (nSPS) is 18.9. The van der Waals surface area contributed by atoms with Crippen molar-refractivity contribution in [2.75, 3.05) is 79.3 Å². The van der Waals surface area contributed by atoms with E-state index >= 15 is 0 Å². The fourth-order valence-corrected chi connectivity index (χ4v) is 8.42. The van der Waals surface area contributed by atoms with Gasteiger partial charge in [-0.2, -0.15) is 0 Å². The van der Waals surface area contributed by atoms with Gasteiger partial charge in [0, 0.05) is 0 Å². The van der Waals surface area contributed by atoms with E-state index in [4.69, 9.17) is 56.8 Å².